The number of amides is 2. The van der Waals surface area contributed by atoms with Crippen molar-refractivity contribution in [1.29, 1.82) is 0 Å². The van der Waals surface area contributed by atoms with Crippen LogP contribution in [0, 0.1) is 19.7 Å². The fraction of sp³-hybridized carbons (Fsp3) is 0.259. The number of hydrogen-bond donors (Lipinski definition) is 3. The third kappa shape index (κ3) is 4.26. The second kappa shape index (κ2) is 8.91. The number of aromatic nitrogens is 1. The normalized spacial score (nSPS) is 18.9. The first-order valence-electron chi connectivity index (χ1n) is 11.5. The predicted molar refractivity (Wildman–Crippen MR) is 131 cm³/mol. The Morgan fingerprint density at radius 2 is 2.00 bits per heavy atom. The van der Waals surface area contributed by atoms with Gasteiger partial charge in [-0.25, -0.2) is 4.39 Å². The Labute approximate surface area is 197 Å². The van der Waals surface area contributed by atoms with Crippen LogP contribution in [0.1, 0.15) is 44.9 Å². The van der Waals surface area contributed by atoms with Crippen LogP contribution >= 0.6 is 0 Å². The summed E-state index contributed by atoms with van der Waals surface area (Å²) in [6, 6.07) is 14.6. The zero-order chi connectivity index (χ0) is 23.8. The van der Waals surface area contributed by atoms with Crippen LogP contribution < -0.4 is 10.6 Å². The Morgan fingerprint density at radius 3 is 2.79 bits per heavy atom. The monoisotopic (exact) mass is 458 g/mol. The van der Waals surface area contributed by atoms with Gasteiger partial charge in [0.1, 0.15) is 5.82 Å². The van der Waals surface area contributed by atoms with E-state index in [-0.39, 0.29) is 17.9 Å². The van der Waals surface area contributed by atoms with Gasteiger partial charge >= 0.3 is 0 Å². The van der Waals surface area contributed by atoms with Crippen molar-refractivity contribution in [2.45, 2.75) is 32.9 Å². The minimum Gasteiger partial charge on any atom is -0.358 e. The quantitative estimate of drug-likeness (QED) is 0.500. The maximum Gasteiger partial charge on any atom is 0.256 e. The minimum atomic E-state index is -0.404. The van der Waals surface area contributed by atoms with Crippen LogP contribution in [0.25, 0.3) is 11.6 Å². The molecule has 0 aliphatic carbocycles. The molecule has 1 saturated heterocycles. The molecule has 1 fully saturated rings. The summed E-state index contributed by atoms with van der Waals surface area (Å²) in [5, 5.41) is 5.94. The van der Waals surface area contributed by atoms with Crippen LogP contribution in [0.2, 0.25) is 0 Å². The second-order valence-electron chi connectivity index (χ2n) is 9.05. The summed E-state index contributed by atoms with van der Waals surface area (Å²) < 4.78 is 13.8. The highest BCUT2D eigenvalue weighted by Crippen LogP contribution is 2.34. The molecule has 34 heavy (non-hydrogen) atoms. The number of halogens is 1. The van der Waals surface area contributed by atoms with E-state index in [4.69, 9.17) is 0 Å². The number of likely N-dealkylation sites (tertiary alicyclic amines) is 1. The Balaban J connectivity index is 1.31. The summed E-state index contributed by atoms with van der Waals surface area (Å²) in [5.41, 5.74) is 5.50. The summed E-state index contributed by atoms with van der Waals surface area (Å²) in [6.07, 6.45) is 2.59. The molecule has 0 saturated carbocycles. The summed E-state index contributed by atoms with van der Waals surface area (Å²) >= 11 is 0. The molecule has 0 bridgehead atoms. The van der Waals surface area contributed by atoms with E-state index in [0.717, 1.165) is 37.3 Å². The second-order valence-corrected chi connectivity index (χ2v) is 9.05. The molecule has 3 aromatic rings. The molecule has 2 aliphatic heterocycles. The number of H-pyrrole nitrogens is 1. The van der Waals surface area contributed by atoms with Gasteiger partial charge in [0, 0.05) is 48.3 Å². The highest BCUT2D eigenvalue weighted by atomic mass is 19.1. The summed E-state index contributed by atoms with van der Waals surface area (Å²) in [5.74, 6) is -0.814. The Bertz CT molecular complexity index is 1300. The molecule has 3 N–H and O–H groups in total. The number of benzene rings is 2. The maximum absolute atomic E-state index is 13.8. The number of aromatic amines is 1. The number of carbonyl (C=O) groups excluding carboxylic acids is 2. The Hall–Kier alpha value is -3.71. The average molecular weight is 459 g/mol. The van der Waals surface area contributed by atoms with Crippen LogP contribution in [0.15, 0.2) is 48.5 Å². The number of fused-ring (bicyclic) bond motifs is 1. The number of aryl methyl sites for hydroxylation is 1. The lowest BCUT2D eigenvalue weighted by molar-refractivity contribution is -0.110. The van der Waals surface area contributed by atoms with Gasteiger partial charge < -0.3 is 15.6 Å². The van der Waals surface area contributed by atoms with Crippen LogP contribution in [0.4, 0.5) is 10.1 Å². The first-order valence-corrected chi connectivity index (χ1v) is 11.5. The van der Waals surface area contributed by atoms with Crippen molar-refractivity contribution in [2.75, 3.05) is 18.4 Å². The van der Waals surface area contributed by atoms with Crippen molar-refractivity contribution in [3.63, 3.8) is 0 Å². The average Bonchev–Trinajstić information content (AvgIpc) is 3.45. The topological polar surface area (TPSA) is 77.2 Å². The minimum absolute atomic E-state index is 0.0854. The fourth-order valence-corrected chi connectivity index (χ4v) is 4.90. The van der Waals surface area contributed by atoms with Crippen LogP contribution in [-0.2, 0) is 11.3 Å². The zero-order valence-corrected chi connectivity index (χ0v) is 19.2. The molecule has 5 rings (SSSR count). The molecule has 1 unspecified atom stereocenters. The Morgan fingerprint density at radius 1 is 1.21 bits per heavy atom. The summed E-state index contributed by atoms with van der Waals surface area (Å²) in [7, 11) is 0. The third-order valence-corrected chi connectivity index (χ3v) is 6.61. The molecule has 2 aliphatic rings. The van der Waals surface area contributed by atoms with Crippen LogP contribution in [0.5, 0.6) is 0 Å². The zero-order valence-electron chi connectivity index (χ0n) is 19.2. The summed E-state index contributed by atoms with van der Waals surface area (Å²) in [6.45, 7) is 6.33. The van der Waals surface area contributed by atoms with Gasteiger partial charge in [0.2, 0.25) is 0 Å². The smallest absolute Gasteiger partial charge is 0.256 e. The first-order chi connectivity index (χ1) is 16.4. The molecule has 1 aromatic heterocycles. The SMILES string of the molecule is Cc1[nH]c(/C=C2\C(=O)Nc3ccc(F)cc32)c(C)c1C(=O)NC1CCN(Cc2ccccc2)C1. The van der Waals surface area contributed by atoms with Crippen molar-refractivity contribution < 1.29 is 14.0 Å². The molecule has 2 amide bonds. The van der Waals surface area contributed by atoms with E-state index < -0.39 is 5.82 Å². The number of nitrogens with zero attached hydrogens (tertiary/aromatic N) is 1. The molecule has 0 spiro atoms. The van der Waals surface area contributed by atoms with Gasteiger partial charge in [-0.15, -0.1) is 0 Å². The van der Waals surface area contributed by atoms with Crippen molar-refractivity contribution in [3.8, 4) is 0 Å². The summed E-state index contributed by atoms with van der Waals surface area (Å²) in [4.78, 5) is 31.2. The highest BCUT2D eigenvalue weighted by molar-refractivity contribution is 6.34. The molecule has 7 heteroatoms. The van der Waals surface area contributed by atoms with Gasteiger partial charge in [-0.2, -0.15) is 0 Å². The van der Waals surface area contributed by atoms with Crippen molar-refractivity contribution in [2.24, 2.45) is 0 Å². The number of nitrogens with one attached hydrogen (secondary N) is 3. The highest BCUT2D eigenvalue weighted by Gasteiger charge is 2.28. The van der Waals surface area contributed by atoms with Crippen molar-refractivity contribution >= 4 is 29.2 Å². The Kier molecular flexibility index (Phi) is 5.79. The van der Waals surface area contributed by atoms with E-state index in [9.17, 15) is 14.0 Å². The fourth-order valence-electron chi connectivity index (χ4n) is 4.90. The molecular weight excluding hydrogens is 431 g/mol. The molecular formula is C27H27FN4O2. The van der Waals surface area contributed by atoms with Crippen LogP contribution in [-0.4, -0.2) is 40.8 Å². The molecule has 6 nitrogen and oxygen atoms in total. The van der Waals surface area contributed by atoms with Gasteiger partial charge in [0.25, 0.3) is 11.8 Å². The van der Waals surface area contributed by atoms with E-state index in [1.165, 1.54) is 17.7 Å². The lowest BCUT2D eigenvalue weighted by atomic mass is 10.0. The number of anilines is 1. The number of carbonyl (C=O) groups is 2. The van der Waals surface area contributed by atoms with Gasteiger partial charge in [0.15, 0.2) is 0 Å². The van der Waals surface area contributed by atoms with E-state index in [1.54, 1.807) is 12.1 Å². The van der Waals surface area contributed by atoms with E-state index in [1.807, 2.05) is 32.0 Å². The predicted octanol–water partition coefficient (Wildman–Crippen LogP) is 4.27. The number of rotatable bonds is 5. The standard InChI is InChI=1S/C27H27FN4O2/c1-16-24(13-22-21-12-19(28)8-9-23(21)31-26(22)33)29-17(2)25(16)27(34)30-20-10-11-32(15-20)14-18-6-4-3-5-7-18/h3-9,12-13,20,29H,10-11,14-15H2,1-2H3,(H,30,34)(H,31,33)/b22-13-. The largest absolute Gasteiger partial charge is 0.358 e. The van der Waals surface area contributed by atoms with E-state index in [2.05, 4.69) is 32.7 Å². The van der Waals surface area contributed by atoms with Gasteiger partial charge in [-0.1, -0.05) is 30.3 Å². The lowest BCUT2D eigenvalue weighted by Crippen LogP contribution is -2.37. The first kappa shape index (κ1) is 22.1. The third-order valence-electron chi connectivity index (χ3n) is 6.61. The molecule has 174 valence electrons. The molecule has 2 aromatic carbocycles. The molecule has 1 atom stereocenters. The van der Waals surface area contributed by atoms with E-state index >= 15 is 0 Å². The lowest BCUT2D eigenvalue weighted by Gasteiger charge is -2.17. The van der Waals surface area contributed by atoms with E-state index in [0.29, 0.717) is 28.1 Å². The van der Waals surface area contributed by atoms with Crippen molar-refractivity contribution in [1.82, 2.24) is 15.2 Å². The van der Waals surface area contributed by atoms with Crippen molar-refractivity contribution in [3.05, 3.63) is 88.0 Å². The maximum atomic E-state index is 13.8. The molecule has 0 radical (unpaired) electrons. The molecule has 3 heterocycles. The van der Waals surface area contributed by atoms with Crippen LogP contribution in [0.3, 0.4) is 0 Å². The van der Waals surface area contributed by atoms with Gasteiger partial charge in [-0.05, 0) is 55.7 Å². The number of hydrogen-bond acceptors (Lipinski definition) is 3. The van der Waals surface area contributed by atoms with Gasteiger partial charge in [-0.3, -0.25) is 14.5 Å². The van der Waals surface area contributed by atoms with Gasteiger partial charge in [0.05, 0.1) is 11.1 Å².